The average molecular weight is 257 g/mol. The summed E-state index contributed by atoms with van der Waals surface area (Å²) in [5.74, 6) is 1.26. The van der Waals surface area contributed by atoms with E-state index in [-0.39, 0.29) is 0 Å². The van der Waals surface area contributed by atoms with Crippen LogP contribution in [0.1, 0.15) is 56.1 Å². The summed E-state index contributed by atoms with van der Waals surface area (Å²) in [6.45, 7) is 2.30. The molecule has 0 atom stereocenters. The molecule has 0 bridgehead atoms. The number of carbonyl (C=O) groups is 1. The monoisotopic (exact) mass is 257 g/mol. The predicted molar refractivity (Wildman–Crippen MR) is 79.7 cm³/mol. The van der Waals surface area contributed by atoms with Crippen LogP contribution in [0.4, 0.5) is 0 Å². The summed E-state index contributed by atoms with van der Waals surface area (Å²) < 4.78 is 0. The summed E-state index contributed by atoms with van der Waals surface area (Å²) in [5, 5.41) is 0. The molecule has 1 fully saturated rings. The molecule has 2 heteroatoms. The molecule has 0 heterocycles. The zero-order chi connectivity index (χ0) is 13.7. The Morgan fingerprint density at radius 2 is 1.84 bits per heavy atom. The molecule has 0 aromatic heterocycles. The lowest BCUT2D eigenvalue weighted by Gasteiger charge is -2.28. The first kappa shape index (κ1) is 13.9. The average Bonchev–Trinajstić information content (AvgIpc) is 2.46. The van der Waals surface area contributed by atoms with Gasteiger partial charge in [0.15, 0.2) is 0 Å². The largest absolute Gasteiger partial charge is 0.366 e. The van der Waals surface area contributed by atoms with Crippen molar-refractivity contribution in [2.24, 2.45) is 11.7 Å². The van der Waals surface area contributed by atoms with E-state index in [0.717, 1.165) is 17.4 Å². The number of amides is 1. The Morgan fingerprint density at radius 1 is 1.21 bits per heavy atom. The molecule has 0 spiro atoms. The Kier molecular flexibility index (Phi) is 4.78. The molecule has 0 unspecified atom stereocenters. The highest BCUT2D eigenvalue weighted by Gasteiger charge is 2.20. The van der Waals surface area contributed by atoms with Crippen LogP contribution in [-0.4, -0.2) is 5.91 Å². The molecule has 1 aromatic rings. The summed E-state index contributed by atoms with van der Waals surface area (Å²) in [7, 11) is 0. The summed E-state index contributed by atoms with van der Waals surface area (Å²) in [6, 6.07) is 8.52. The third-order valence-electron chi connectivity index (χ3n) is 4.27. The molecular weight excluding hydrogens is 234 g/mol. The first-order valence-electron chi connectivity index (χ1n) is 7.26. The topological polar surface area (TPSA) is 43.1 Å². The molecule has 0 radical (unpaired) electrons. The molecule has 19 heavy (non-hydrogen) atoms. The molecule has 102 valence electrons. The first-order valence-corrected chi connectivity index (χ1v) is 7.26. The van der Waals surface area contributed by atoms with Gasteiger partial charge in [-0.25, -0.2) is 0 Å². The van der Waals surface area contributed by atoms with Gasteiger partial charge in [0.2, 0.25) is 5.91 Å². The lowest BCUT2D eigenvalue weighted by Crippen LogP contribution is -2.12. The minimum atomic E-state index is -0.401. The first-order chi connectivity index (χ1) is 9.19. The molecule has 1 aliphatic carbocycles. The van der Waals surface area contributed by atoms with Crippen molar-refractivity contribution in [3.63, 3.8) is 0 Å². The molecule has 1 saturated carbocycles. The van der Waals surface area contributed by atoms with Gasteiger partial charge in [0.1, 0.15) is 0 Å². The van der Waals surface area contributed by atoms with E-state index >= 15 is 0 Å². The Bertz CT molecular complexity index is 439. The maximum atomic E-state index is 10.7. The van der Waals surface area contributed by atoms with Gasteiger partial charge in [-0.3, -0.25) is 4.79 Å². The number of nitrogens with two attached hydrogens (primary N) is 1. The Labute approximate surface area is 115 Å². The standard InChI is InChI=1S/C17H23NO/c1-2-13-3-8-15(9-4-13)16-10-5-14(6-11-16)7-12-17(18)19/h5-7,10-13,15H,2-4,8-9H2,1H3,(H2,18,19)/b12-7+/t13-,15-. The second kappa shape index (κ2) is 6.55. The minimum Gasteiger partial charge on any atom is -0.366 e. The van der Waals surface area contributed by atoms with Crippen molar-refractivity contribution in [2.45, 2.75) is 44.9 Å². The van der Waals surface area contributed by atoms with E-state index in [1.54, 1.807) is 6.08 Å². The smallest absolute Gasteiger partial charge is 0.241 e. The van der Waals surface area contributed by atoms with Gasteiger partial charge in [0, 0.05) is 6.08 Å². The van der Waals surface area contributed by atoms with Crippen LogP contribution in [0.15, 0.2) is 30.3 Å². The van der Waals surface area contributed by atoms with E-state index in [9.17, 15) is 4.79 Å². The fourth-order valence-corrected chi connectivity index (χ4v) is 2.96. The number of hydrogen-bond acceptors (Lipinski definition) is 1. The van der Waals surface area contributed by atoms with Crippen LogP contribution in [0.2, 0.25) is 0 Å². The summed E-state index contributed by atoms with van der Waals surface area (Å²) in [6.07, 6.45) is 9.85. The predicted octanol–water partition coefficient (Wildman–Crippen LogP) is 3.87. The zero-order valence-corrected chi connectivity index (χ0v) is 11.6. The third-order valence-corrected chi connectivity index (χ3v) is 4.27. The highest BCUT2D eigenvalue weighted by Crippen LogP contribution is 2.36. The van der Waals surface area contributed by atoms with Crippen molar-refractivity contribution in [3.05, 3.63) is 41.5 Å². The van der Waals surface area contributed by atoms with Gasteiger partial charge in [0.25, 0.3) is 0 Å². The van der Waals surface area contributed by atoms with E-state index in [0.29, 0.717) is 0 Å². The number of primary amides is 1. The van der Waals surface area contributed by atoms with Crippen molar-refractivity contribution in [1.29, 1.82) is 0 Å². The third kappa shape index (κ3) is 3.95. The van der Waals surface area contributed by atoms with Gasteiger partial charge in [0.05, 0.1) is 0 Å². The molecule has 2 nitrogen and oxygen atoms in total. The number of rotatable bonds is 4. The number of benzene rings is 1. The van der Waals surface area contributed by atoms with E-state index in [2.05, 4.69) is 31.2 Å². The Morgan fingerprint density at radius 3 is 2.37 bits per heavy atom. The number of carbonyl (C=O) groups excluding carboxylic acids is 1. The van der Waals surface area contributed by atoms with E-state index in [1.165, 1.54) is 43.7 Å². The quantitative estimate of drug-likeness (QED) is 0.817. The lowest BCUT2D eigenvalue weighted by atomic mass is 9.78. The van der Waals surface area contributed by atoms with Crippen LogP contribution in [0.5, 0.6) is 0 Å². The summed E-state index contributed by atoms with van der Waals surface area (Å²) in [4.78, 5) is 10.7. The van der Waals surface area contributed by atoms with Gasteiger partial charge in [-0.1, -0.05) is 37.6 Å². The molecule has 0 aliphatic heterocycles. The van der Waals surface area contributed by atoms with Crippen molar-refractivity contribution in [2.75, 3.05) is 0 Å². The Balaban J connectivity index is 1.97. The molecule has 1 aromatic carbocycles. The van der Waals surface area contributed by atoms with Crippen LogP contribution < -0.4 is 5.73 Å². The summed E-state index contributed by atoms with van der Waals surface area (Å²) >= 11 is 0. The van der Waals surface area contributed by atoms with E-state index in [1.807, 2.05) is 0 Å². The van der Waals surface area contributed by atoms with Crippen molar-refractivity contribution in [3.8, 4) is 0 Å². The van der Waals surface area contributed by atoms with Crippen LogP contribution in [0.25, 0.3) is 6.08 Å². The van der Waals surface area contributed by atoms with Crippen molar-refractivity contribution in [1.82, 2.24) is 0 Å². The SMILES string of the molecule is CC[C@H]1CC[C@H](c2ccc(/C=C/C(N)=O)cc2)CC1. The van der Waals surface area contributed by atoms with Gasteiger partial charge < -0.3 is 5.73 Å². The van der Waals surface area contributed by atoms with Crippen LogP contribution in [0, 0.1) is 5.92 Å². The zero-order valence-electron chi connectivity index (χ0n) is 11.6. The highest BCUT2D eigenvalue weighted by atomic mass is 16.1. The fourth-order valence-electron chi connectivity index (χ4n) is 2.96. The Hall–Kier alpha value is -1.57. The molecule has 0 saturated heterocycles. The van der Waals surface area contributed by atoms with Gasteiger partial charge in [-0.05, 0) is 54.7 Å². The van der Waals surface area contributed by atoms with Crippen LogP contribution in [0.3, 0.4) is 0 Å². The van der Waals surface area contributed by atoms with E-state index in [4.69, 9.17) is 5.73 Å². The molecular formula is C17H23NO. The fraction of sp³-hybridized carbons (Fsp3) is 0.471. The molecule has 2 N–H and O–H groups in total. The van der Waals surface area contributed by atoms with Gasteiger partial charge >= 0.3 is 0 Å². The lowest BCUT2D eigenvalue weighted by molar-refractivity contribution is -0.113. The van der Waals surface area contributed by atoms with Crippen molar-refractivity contribution < 1.29 is 4.79 Å². The van der Waals surface area contributed by atoms with Crippen LogP contribution >= 0.6 is 0 Å². The number of hydrogen-bond donors (Lipinski definition) is 1. The van der Waals surface area contributed by atoms with Crippen molar-refractivity contribution >= 4 is 12.0 Å². The van der Waals surface area contributed by atoms with Crippen LogP contribution in [-0.2, 0) is 4.79 Å². The summed E-state index contributed by atoms with van der Waals surface area (Å²) in [5.41, 5.74) is 7.56. The molecule has 2 rings (SSSR count). The maximum absolute atomic E-state index is 10.7. The van der Waals surface area contributed by atoms with E-state index < -0.39 is 5.91 Å². The minimum absolute atomic E-state index is 0.401. The van der Waals surface area contributed by atoms with Gasteiger partial charge in [-0.15, -0.1) is 0 Å². The van der Waals surface area contributed by atoms with Gasteiger partial charge in [-0.2, -0.15) is 0 Å². The maximum Gasteiger partial charge on any atom is 0.241 e. The molecule has 1 aliphatic rings. The highest BCUT2D eigenvalue weighted by molar-refractivity contribution is 5.90. The normalized spacial score (nSPS) is 23.6. The second-order valence-corrected chi connectivity index (χ2v) is 5.53. The second-order valence-electron chi connectivity index (χ2n) is 5.53. The molecule has 1 amide bonds.